The Morgan fingerprint density at radius 2 is 1.88 bits per heavy atom. The number of rotatable bonds is 7. The van der Waals surface area contributed by atoms with E-state index in [1.807, 2.05) is 13.8 Å². The van der Waals surface area contributed by atoms with Crippen molar-refractivity contribution >= 4 is 28.0 Å². The van der Waals surface area contributed by atoms with Crippen molar-refractivity contribution in [2.75, 3.05) is 26.6 Å². The average molecular weight is 382 g/mol. The quantitative estimate of drug-likeness (QED) is 0.437. The molecule has 26 heavy (non-hydrogen) atoms. The second-order valence-electron chi connectivity index (χ2n) is 4.61. The molecule has 1 N–H and O–H groups in total. The van der Waals surface area contributed by atoms with Crippen LogP contribution in [0.3, 0.4) is 0 Å². The first-order valence-corrected chi connectivity index (χ1v) is 8.63. The Balaban J connectivity index is 0.00000163. The van der Waals surface area contributed by atoms with Crippen LogP contribution in [0.25, 0.3) is 0 Å². The van der Waals surface area contributed by atoms with Crippen LogP contribution in [0.5, 0.6) is 11.5 Å². The topological polar surface area (TPSA) is 99.9 Å². The normalized spacial score (nSPS) is 9.58. The standard InChI is InChI=1S/C15H16N2O6S.C2H6/c1-21-10-5-4-9(12(6-10)22-2)8-16-14-11(17(19)20)7-13(24-14)15(18)23-3;1-2/h4-7,16H,8H2,1-3H3;1-2H3. The zero-order valence-electron chi connectivity index (χ0n) is 15.3. The van der Waals surface area contributed by atoms with Crippen LogP contribution < -0.4 is 14.8 Å². The lowest BCUT2D eigenvalue weighted by Gasteiger charge is -2.11. The van der Waals surface area contributed by atoms with E-state index < -0.39 is 10.9 Å². The van der Waals surface area contributed by atoms with Crippen LogP contribution in [-0.4, -0.2) is 32.2 Å². The van der Waals surface area contributed by atoms with Gasteiger partial charge in [0.1, 0.15) is 16.4 Å². The van der Waals surface area contributed by atoms with E-state index in [2.05, 4.69) is 10.1 Å². The summed E-state index contributed by atoms with van der Waals surface area (Å²) in [6.45, 7) is 4.29. The Bertz CT molecular complexity index is 760. The van der Waals surface area contributed by atoms with Gasteiger partial charge in [0.05, 0.1) is 26.3 Å². The molecule has 0 unspecified atom stereocenters. The summed E-state index contributed by atoms with van der Waals surface area (Å²) in [5.41, 5.74) is 0.619. The molecule has 0 aliphatic heterocycles. The van der Waals surface area contributed by atoms with Crippen molar-refractivity contribution in [2.24, 2.45) is 0 Å². The van der Waals surface area contributed by atoms with Gasteiger partial charge >= 0.3 is 11.7 Å². The molecule has 0 atom stereocenters. The highest BCUT2D eigenvalue weighted by atomic mass is 32.1. The summed E-state index contributed by atoms with van der Waals surface area (Å²) in [5.74, 6) is 0.623. The third-order valence-electron chi connectivity index (χ3n) is 3.23. The first kappa shape index (κ1) is 21.2. The van der Waals surface area contributed by atoms with E-state index in [0.717, 1.165) is 16.9 Å². The van der Waals surface area contributed by atoms with Crippen molar-refractivity contribution in [1.29, 1.82) is 0 Å². The lowest BCUT2D eigenvalue weighted by molar-refractivity contribution is -0.383. The number of nitrogens with zero attached hydrogens (tertiary/aromatic N) is 1. The molecule has 1 aromatic carbocycles. The Morgan fingerprint density at radius 1 is 1.19 bits per heavy atom. The zero-order chi connectivity index (χ0) is 19.7. The van der Waals surface area contributed by atoms with Gasteiger partial charge in [-0.2, -0.15) is 0 Å². The third kappa shape index (κ3) is 5.09. The molecule has 0 fully saturated rings. The summed E-state index contributed by atoms with van der Waals surface area (Å²) in [7, 11) is 4.31. The molecular weight excluding hydrogens is 360 g/mol. The van der Waals surface area contributed by atoms with Crippen LogP contribution in [0, 0.1) is 10.1 Å². The zero-order valence-corrected chi connectivity index (χ0v) is 16.1. The fourth-order valence-corrected chi connectivity index (χ4v) is 2.96. The van der Waals surface area contributed by atoms with Gasteiger partial charge in [0, 0.05) is 24.2 Å². The number of esters is 1. The van der Waals surface area contributed by atoms with Crippen LogP contribution >= 0.6 is 11.3 Å². The van der Waals surface area contributed by atoms with E-state index >= 15 is 0 Å². The minimum atomic E-state index is -0.613. The van der Waals surface area contributed by atoms with E-state index in [4.69, 9.17) is 9.47 Å². The molecule has 0 aliphatic rings. The number of carbonyl (C=O) groups excluding carboxylic acids is 1. The molecule has 9 heteroatoms. The molecule has 1 aromatic heterocycles. The molecular formula is C17H22N2O6S. The Hall–Kier alpha value is -2.81. The maximum Gasteiger partial charge on any atom is 0.348 e. The van der Waals surface area contributed by atoms with Gasteiger partial charge in [-0.15, -0.1) is 11.3 Å². The molecule has 2 rings (SSSR count). The molecule has 0 saturated heterocycles. The number of benzene rings is 1. The number of nitro groups is 1. The molecule has 142 valence electrons. The van der Waals surface area contributed by atoms with Crippen molar-refractivity contribution in [3.63, 3.8) is 0 Å². The van der Waals surface area contributed by atoms with Crippen LogP contribution in [-0.2, 0) is 11.3 Å². The van der Waals surface area contributed by atoms with Crippen molar-refractivity contribution in [1.82, 2.24) is 0 Å². The summed E-state index contributed by atoms with van der Waals surface area (Å²) in [4.78, 5) is 22.3. The lowest BCUT2D eigenvalue weighted by atomic mass is 10.2. The first-order valence-electron chi connectivity index (χ1n) is 7.81. The predicted molar refractivity (Wildman–Crippen MR) is 101 cm³/mol. The van der Waals surface area contributed by atoms with Gasteiger partial charge in [-0.05, 0) is 12.1 Å². The number of hydrogen-bond donors (Lipinski definition) is 1. The SMILES string of the molecule is CC.COC(=O)c1cc([N+](=O)[O-])c(NCc2ccc(OC)cc2OC)s1. The number of carbonyl (C=O) groups is 1. The minimum absolute atomic E-state index is 0.161. The highest BCUT2D eigenvalue weighted by Crippen LogP contribution is 2.36. The highest BCUT2D eigenvalue weighted by molar-refractivity contribution is 7.18. The Morgan fingerprint density at radius 3 is 2.42 bits per heavy atom. The largest absolute Gasteiger partial charge is 0.497 e. The molecule has 0 radical (unpaired) electrons. The Kier molecular flexibility index (Phi) is 8.36. The van der Waals surface area contributed by atoms with Gasteiger partial charge in [-0.3, -0.25) is 10.1 Å². The smallest absolute Gasteiger partial charge is 0.348 e. The van der Waals surface area contributed by atoms with E-state index in [-0.39, 0.29) is 22.1 Å². The minimum Gasteiger partial charge on any atom is -0.497 e. The number of thiophene rings is 1. The van der Waals surface area contributed by atoms with Gasteiger partial charge in [0.25, 0.3) is 0 Å². The van der Waals surface area contributed by atoms with E-state index in [1.165, 1.54) is 20.3 Å². The summed E-state index contributed by atoms with van der Waals surface area (Å²) in [6.07, 6.45) is 0. The lowest BCUT2D eigenvalue weighted by Crippen LogP contribution is -2.02. The fraction of sp³-hybridized carbons (Fsp3) is 0.353. The number of hydrogen-bond acceptors (Lipinski definition) is 8. The van der Waals surface area contributed by atoms with E-state index in [1.54, 1.807) is 25.3 Å². The average Bonchev–Trinajstić information content (AvgIpc) is 3.11. The van der Waals surface area contributed by atoms with Crippen molar-refractivity contribution in [3.05, 3.63) is 44.8 Å². The number of nitrogens with one attached hydrogen (secondary N) is 1. The van der Waals surface area contributed by atoms with Crippen LogP contribution in [0.4, 0.5) is 10.7 Å². The molecule has 0 spiro atoms. The van der Waals surface area contributed by atoms with E-state index in [9.17, 15) is 14.9 Å². The highest BCUT2D eigenvalue weighted by Gasteiger charge is 2.23. The van der Waals surface area contributed by atoms with Crippen molar-refractivity contribution in [2.45, 2.75) is 20.4 Å². The van der Waals surface area contributed by atoms with Crippen LogP contribution in [0.1, 0.15) is 29.1 Å². The second-order valence-corrected chi connectivity index (χ2v) is 5.66. The first-order chi connectivity index (χ1) is 12.5. The number of ether oxygens (including phenoxy) is 3. The van der Waals surface area contributed by atoms with Crippen LogP contribution in [0.2, 0.25) is 0 Å². The fourth-order valence-electron chi connectivity index (χ4n) is 2.02. The van der Waals surface area contributed by atoms with Gasteiger partial charge in [-0.1, -0.05) is 13.8 Å². The summed E-state index contributed by atoms with van der Waals surface area (Å²) in [6, 6.07) is 6.48. The molecule has 0 saturated carbocycles. The molecule has 0 amide bonds. The molecule has 0 bridgehead atoms. The van der Waals surface area contributed by atoms with Gasteiger partial charge < -0.3 is 19.5 Å². The third-order valence-corrected chi connectivity index (χ3v) is 4.29. The summed E-state index contributed by atoms with van der Waals surface area (Å²) in [5, 5.41) is 14.4. The van der Waals surface area contributed by atoms with Crippen molar-refractivity contribution in [3.8, 4) is 11.5 Å². The summed E-state index contributed by atoms with van der Waals surface area (Å²) >= 11 is 0.968. The van der Waals surface area contributed by atoms with E-state index in [0.29, 0.717) is 11.5 Å². The van der Waals surface area contributed by atoms with Gasteiger partial charge in [0.2, 0.25) is 0 Å². The number of anilines is 1. The maximum absolute atomic E-state index is 11.6. The van der Waals surface area contributed by atoms with Crippen LogP contribution in [0.15, 0.2) is 24.3 Å². The molecule has 1 heterocycles. The predicted octanol–water partition coefficient (Wildman–Crippen LogP) is 4.10. The maximum atomic E-state index is 11.6. The van der Waals surface area contributed by atoms with Gasteiger partial charge in [-0.25, -0.2) is 4.79 Å². The second kappa shape index (κ2) is 10.2. The molecule has 2 aromatic rings. The Labute approximate surface area is 155 Å². The number of methoxy groups -OCH3 is 3. The van der Waals surface area contributed by atoms with Gasteiger partial charge in [0.15, 0.2) is 5.00 Å². The monoisotopic (exact) mass is 382 g/mol. The van der Waals surface area contributed by atoms with Crippen molar-refractivity contribution < 1.29 is 23.9 Å². The summed E-state index contributed by atoms with van der Waals surface area (Å²) < 4.78 is 15.0. The molecule has 0 aliphatic carbocycles. The molecule has 8 nitrogen and oxygen atoms in total.